The van der Waals surface area contributed by atoms with Crippen molar-refractivity contribution in [1.82, 2.24) is 14.9 Å². The number of primary amides is 1. The summed E-state index contributed by atoms with van der Waals surface area (Å²) in [4.78, 5) is 22.5. The average Bonchev–Trinajstić information content (AvgIpc) is 2.67. The number of hydrogen-bond donors (Lipinski definition) is 1. The molecule has 1 unspecified atom stereocenters. The maximum absolute atomic E-state index is 11.3. The number of ether oxygens (including phenoxy) is 1. The molecule has 0 spiro atoms. The van der Waals surface area contributed by atoms with E-state index in [4.69, 9.17) is 10.5 Å². The van der Waals surface area contributed by atoms with Gasteiger partial charge in [-0.1, -0.05) is 0 Å². The van der Waals surface area contributed by atoms with E-state index in [0.717, 1.165) is 32.0 Å². The van der Waals surface area contributed by atoms with Crippen LogP contribution in [0.1, 0.15) is 16.8 Å². The fourth-order valence-corrected chi connectivity index (χ4v) is 4.79. The predicted molar refractivity (Wildman–Crippen MR) is 99.5 cm³/mol. The number of amides is 1. The van der Waals surface area contributed by atoms with Crippen molar-refractivity contribution >= 4 is 26.0 Å². The molecule has 1 amide bonds. The molecule has 2 aromatic rings. The Morgan fingerprint density at radius 2 is 2.04 bits per heavy atom. The number of pyridine rings is 2. The molecule has 1 aliphatic heterocycles. The minimum absolute atomic E-state index is 0.158. The summed E-state index contributed by atoms with van der Waals surface area (Å²) >= 11 is -0.158. The van der Waals surface area contributed by atoms with Crippen LogP contribution in [0.25, 0.3) is 11.4 Å². The molecule has 1 fully saturated rings. The van der Waals surface area contributed by atoms with Crippen LogP contribution < -0.4 is 10.1 Å². The number of carbonyl (C=O) groups is 1. The van der Waals surface area contributed by atoms with Crippen LogP contribution in [-0.4, -0.2) is 69.4 Å². The number of hydrogen-bond acceptors (Lipinski definition) is 5. The summed E-state index contributed by atoms with van der Waals surface area (Å²) in [5.41, 5.74) is 7.21. The Hall–Kier alpha value is -1.75. The zero-order valence-electron chi connectivity index (χ0n) is 14.1. The number of nitrogens with zero attached hydrogens (tertiary/aromatic N) is 3. The van der Waals surface area contributed by atoms with E-state index in [9.17, 15) is 4.79 Å². The second kappa shape index (κ2) is 9.09. The summed E-state index contributed by atoms with van der Waals surface area (Å²) in [6.45, 7) is 5.03. The van der Waals surface area contributed by atoms with Gasteiger partial charge >= 0.3 is 154 Å². The first-order chi connectivity index (χ1) is 12.2. The van der Waals surface area contributed by atoms with Crippen molar-refractivity contribution in [3.8, 4) is 11.4 Å². The molecule has 2 aromatic heterocycles. The Morgan fingerprint density at radius 3 is 2.76 bits per heavy atom. The molecular formula is C18H23AsN4O2. The van der Waals surface area contributed by atoms with Gasteiger partial charge in [0.25, 0.3) is 0 Å². The Balaban J connectivity index is 1.50. The van der Waals surface area contributed by atoms with Gasteiger partial charge in [0, 0.05) is 0 Å². The van der Waals surface area contributed by atoms with Gasteiger partial charge in [0.05, 0.1) is 0 Å². The maximum atomic E-state index is 11.3. The van der Waals surface area contributed by atoms with Crippen LogP contribution in [0.2, 0.25) is 5.21 Å². The molecule has 0 aromatic carbocycles. The molecule has 0 bridgehead atoms. The summed E-state index contributed by atoms with van der Waals surface area (Å²) in [5, 5.41) is 1.27. The van der Waals surface area contributed by atoms with E-state index >= 15 is 0 Å². The SMILES string of the molecule is NC(=O)c1ccnc(-c2ccc([AsH]CCCN3CCOCC3)cn2)c1. The Morgan fingerprint density at radius 1 is 1.20 bits per heavy atom. The Labute approximate surface area is 154 Å². The van der Waals surface area contributed by atoms with Gasteiger partial charge in [-0.3, -0.25) is 0 Å². The van der Waals surface area contributed by atoms with E-state index in [-0.39, 0.29) is 15.8 Å². The summed E-state index contributed by atoms with van der Waals surface area (Å²) in [7, 11) is 0. The van der Waals surface area contributed by atoms with E-state index in [1.54, 1.807) is 18.3 Å². The first-order valence-electron chi connectivity index (χ1n) is 8.48. The molecule has 7 heteroatoms. The monoisotopic (exact) mass is 402 g/mol. The topological polar surface area (TPSA) is 81.3 Å². The molecule has 0 saturated carbocycles. The molecule has 3 heterocycles. The van der Waals surface area contributed by atoms with Crippen molar-refractivity contribution in [2.24, 2.45) is 5.73 Å². The molecule has 1 saturated heterocycles. The van der Waals surface area contributed by atoms with E-state index in [1.165, 1.54) is 22.5 Å². The van der Waals surface area contributed by atoms with Gasteiger partial charge in [-0.2, -0.15) is 0 Å². The zero-order chi connectivity index (χ0) is 17.5. The van der Waals surface area contributed by atoms with Crippen LogP contribution in [0.15, 0.2) is 36.7 Å². The Kier molecular flexibility index (Phi) is 6.56. The minimum atomic E-state index is -0.452. The molecule has 0 aliphatic carbocycles. The number of morpholine rings is 1. The van der Waals surface area contributed by atoms with Crippen LogP contribution in [0.5, 0.6) is 0 Å². The van der Waals surface area contributed by atoms with Crippen LogP contribution in [-0.2, 0) is 4.74 Å². The number of nitrogens with two attached hydrogens (primary N) is 1. The fourth-order valence-electron chi connectivity index (χ4n) is 2.73. The van der Waals surface area contributed by atoms with E-state index in [1.807, 2.05) is 12.3 Å². The molecule has 2 N–H and O–H groups in total. The third-order valence-corrected chi connectivity index (χ3v) is 6.90. The number of rotatable bonds is 7. The second-order valence-corrected chi connectivity index (χ2v) is 8.96. The van der Waals surface area contributed by atoms with Crippen molar-refractivity contribution in [3.05, 3.63) is 42.2 Å². The van der Waals surface area contributed by atoms with Gasteiger partial charge in [0.15, 0.2) is 0 Å². The molecule has 1 aliphatic rings. The first kappa shape index (κ1) is 18.1. The van der Waals surface area contributed by atoms with Crippen molar-refractivity contribution in [1.29, 1.82) is 0 Å². The summed E-state index contributed by atoms with van der Waals surface area (Å²) in [5.74, 6) is -0.452. The fraction of sp³-hybridized carbons (Fsp3) is 0.389. The van der Waals surface area contributed by atoms with Gasteiger partial charge in [0.2, 0.25) is 0 Å². The van der Waals surface area contributed by atoms with Crippen molar-refractivity contribution < 1.29 is 9.53 Å². The summed E-state index contributed by atoms with van der Waals surface area (Å²) in [6.07, 6.45) is 4.77. The van der Waals surface area contributed by atoms with Crippen LogP contribution >= 0.6 is 0 Å². The van der Waals surface area contributed by atoms with Crippen LogP contribution in [0, 0.1) is 0 Å². The standard InChI is InChI=1S/C18H23AsN4O2/c20-18(24)14-4-6-21-17(12-14)16-3-2-15(13-22-16)19-5-1-7-23-8-10-25-11-9-23/h2-4,6,12-13,19H,1,5,7-11H2,(H2,20,24). The molecule has 0 radical (unpaired) electrons. The normalized spacial score (nSPS) is 15.7. The van der Waals surface area contributed by atoms with Gasteiger partial charge in [-0.25, -0.2) is 0 Å². The van der Waals surface area contributed by atoms with E-state index in [0.29, 0.717) is 11.3 Å². The van der Waals surface area contributed by atoms with Gasteiger partial charge in [-0.15, -0.1) is 0 Å². The summed E-state index contributed by atoms with van der Waals surface area (Å²) in [6, 6.07) is 7.41. The van der Waals surface area contributed by atoms with Crippen molar-refractivity contribution in [2.45, 2.75) is 11.6 Å². The van der Waals surface area contributed by atoms with Crippen molar-refractivity contribution in [3.63, 3.8) is 0 Å². The van der Waals surface area contributed by atoms with Crippen molar-refractivity contribution in [2.75, 3.05) is 32.8 Å². The van der Waals surface area contributed by atoms with Crippen LogP contribution in [0.3, 0.4) is 0 Å². The predicted octanol–water partition coefficient (Wildman–Crippen LogP) is 0.445. The quantitative estimate of drug-likeness (QED) is 0.537. The first-order valence-corrected chi connectivity index (χ1v) is 11.0. The second-order valence-electron chi connectivity index (χ2n) is 5.96. The molecule has 6 nitrogen and oxygen atoms in total. The van der Waals surface area contributed by atoms with Gasteiger partial charge < -0.3 is 0 Å². The van der Waals surface area contributed by atoms with Crippen LogP contribution in [0.4, 0.5) is 0 Å². The third-order valence-electron chi connectivity index (χ3n) is 4.15. The number of carbonyl (C=O) groups excluding carboxylic acids is 1. The number of aromatic nitrogens is 2. The third kappa shape index (κ3) is 5.36. The molecule has 25 heavy (non-hydrogen) atoms. The molecule has 3 rings (SSSR count). The van der Waals surface area contributed by atoms with Gasteiger partial charge in [-0.05, 0) is 0 Å². The van der Waals surface area contributed by atoms with E-state index in [2.05, 4.69) is 20.9 Å². The van der Waals surface area contributed by atoms with E-state index < -0.39 is 5.91 Å². The summed E-state index contributed by atoms with van der Waals surface area (Å²) < 4.78 is 6.71. The van der Waals surface area contributed by atoms with Gasteiger partial charge in [0.1, 0.15) is 0 Å². The Bertz CT molecular complexity index is 702. The zero-order valence-corrected chi connectivity index (χ0v) is 16.2. The molecular weight excluding hydrogens is 379 g/mol. The molecule has 1 atom stereocenters. The average molecular weight is 402 g/mol. The molecule has 132 valence electrons.